The molecule has 1 heterocycles. The number of ether oxygens (including phenoxy) is 2. The van der Waals surface area contributed by atoms with Gasteiger partial charge in [0.05, 0.1) is 29.7 Å². The maximum Gasteiger partial charge on any atom is 0.221 e. The average Bonchev–Trinajstić information content (AvgIpc) is 3.15. The Balaban J connectivity index is 0.00000262. The maximum atomic E-state index is 14.6. The smallest absolute Gasteiger partial charge is 0.221 e. The number of rotatable bonds is 9. The van der Waals surface area contributed by atoms with Crippen molar-refractivity contribution in [3.8, 4) is 39.6 Å². The highest BCUT2D eigenvalue weighted by Crippen LogP contribution is 2.49. The zero-order chi connectivity index (χ0) is 40.5. The molecule has 0 radical (unpaired) electrons. The molecule has 0 bridgehead atoms. The maximum absolute atomic E-state index is 14.6. The van der Waals surface area contributed by atoms with Crippen molar-refractivity contribution in [3.63, 3.8) is 0 Å². The molecule has 2 N–H and O–H groups in total. The molecule has 288 valence electrons. The minimum absolute atomic E-state index is 0.0340. The van der Waals surface area contributed by atoms with Crippen molar-refractivity contribution < 1.29 is 19.1 Å². The van der Waals surface area contributed by atoms with Gasteiger partial charge in [0.2, 0.25) is 5.91 Å². The minimum atomic E-state index is -0.217. The minimum Gasteiger partial charge on any atom is -0.497 e. The molecule has 0 saturated carbocycles. The van der Waals surface area contributed by atoms with Gasteiger partial charge >= 0.3 is 0 Å². The van der Waals surface area contributed by atoms with Gasteiger partial charge in [-0.2, -0.15) is 0 Å². The van der Waals surface area contributed by atoms with Crippen molar-refractivity contribution in [1.82, 2.24) is 4.98 Å². The van der Waals surface area contributed by atoms with Crippen LogP contribution in [0.15, 0.2) is 97.1 Å². The van der Waals surface area contributed by atoms with Crippen molar-refractivity contribution in [2.75, 3.05) is 17.7 Å². The fourth-order valence-electron chi connectivity index (χ4n) is 8.04. The quantitative estimate of drug-likeness (QED) is 0.153. The number of aryl methyl sites for hydroxylation is 2. The molecule has 1 amide bonds. The number of methoxy groups -OCH3 is 1. The third kappa shape index (κ3) is 7.90. The molecule has 0 unspecified atom stereocenters. The summed E-state index contributed by atoms with van der Waals surface area (Å²) >= 11 is 0. The number of nitrogens with one attached hydrogen (secondary N) is 2. The van der Waals surface area contributed by atoms with Gasteiger partial charge in [0, 0.05) is 41.3 Å². The lowest BCUT2D eigenvalue weighted by Gasteiger charge is -2.33. The van der Waals surface area contributed by atoms with E-state index >= 15 is 0 Å². The van der Waals surface area contributed by atoms with Crippen LogP contribution in [0.1, 0.15) is 94.4 Å². The second-order valence-corrected chi connectivity index (χ2v) is 16.2. The van der Waals surface area contributed by atoms with Crippen LogP contribution in [0.4, 0.5) is 17.1 Å². The van der Waals surface area contributed by atoms with Gasteiger partial charge < -0.3 is 20.1 Å². The summed E-state index contributed by atoms with van der Waals surface area (Å²) in [6.07, 6.45) is 1.02. The normalized spacial score (nSPS) is 12.0. The van der Waals surface area contributed by atoms with Crippen LogP contribution in [0.5, 0.6) is 17.2 Å². The van der Waals surface area contributed by atoms with E-state index in [0.717, 1.165) is 34.4 Å². The Bertz CT molecular complexity index is 2440. The number of anilines is 3. The molecule has 7 nitrogen and oxygen atoms in total. The zero-order valence-electron chi connectivity index (χ0n) is 34.5. The van der Waals surface area contributed by atoms with Gasteiger partial charge in [0.15, 0.2) is 11.5 Å². The molecule has 1 aromatic heterocycles. The third-order valence-corrected chi connectivity index (χ3v) is 10.1. The van der Waals surface area contributed by atoms with E-state index in [1.54, 1.807) is 13.2 Å². The number of carbonyl (C=O) groups is 2. The average molecular weight is 748 g/mol. The molecule has 6 aromatic rings. The number of hydrogen-bond acceptors (Lipinski definition) is 6. The van der Waals surface area contributed by atoms with E-state index in [2.05, 4.69) is 83.4 Å². The van der Waals surface area contributed by atoms with E-state index in [0.29, 0.717) is 61.9 Å². The Labute approximate surface area is 331 Å². The van der Waals surface area contributed by atoms with Crippen LogP contribution in [-0.2, 0) is 10.2 Å². The lowest BCUT2D eigenvalue weighted by molar-refractivity contribution is -0.114. The van der Waals surface area contributed by atoms with E-state index in [-0.39, 0.29) is 22.5 Å². The summed E-state index contributed by atoms with van der Waals surface area (Å²) in [5, 5.41) is 7.31. The number of benzene rings is 5. The molecule has 56 heavy (non-hydrogen) atoms. The topological polar surface area (TPSA) is 89.5 Å². The molecule has 5 aromatic carbocycles. The molecule has 0 atom stereocenters. The monoisotopic (exact) mass is 747 g/mol. The summed E-state index contributed by atoms with van der Waals surface area (Å²) in [4.78, 5) is 32.3. The first-order valence-corrected chi connectivity index (χ1v) is 19.4. The highest BCUT2D eigenvalue weighted by molar-refractivity contribution is 6.29. The van der Waals surface area contributed by atoms with Gasteiger partial charge in [0.25, 0.3) is 0 Å². The molecule has 0 aliphatic heterocycles. The number of pyridine rings is 1. The van der Waals surface area contributed by atoms with Gasteiger partial charge in [-0.05, 0) is 89.2 Å². The third-order valence-electron chi connectivity index (χ3n) is 10.1. The molecule has 0 fully saturated rings. The molecule has 1 aliphatic carbocycles. The number of ketones is 1. The molecule has 7 heteroatoms. The lowest BCUT2D eigenvalue weighted by atomic mass is 9.72. The second-order valence-electron chi connectivity index (χ2n) is 16.2. The van der Waals surface area contributed by atoms with Crippen LogP contribution in [0.2, 0.25) is 0 Å². The summed E-state index contributed by atoms with van der Waals surface area (Å²) < 4.78 is 12.3. The highest BCUT2D eigenvalue weighted by atomic mass is 16.5. The first-order chi connectivity index (χ1) is 26.6. The number of para-hydroxylation sites is 1. The zero-order valence-corrected chi connectivity index (χ0v) is 34.5. The van der Waals surface area contributed by atoms with Crippen molar-refractivity contribution in [3.05, 3.63) is 125 Å². The standard InChI is InChI=1S/C47H47N3O4.C2H6/c1-27-13-12-14-28(2)43(27)50-39-25-40(54-31-19-17-30(18-20-31)47(7,8)26-46(4,5)6)44-41-36(33-15-10-11-16-34(33)45(52)42(39)41)24-38(49-44)35-22-21-32(53-9)23-37(35)48-29(3)51;1-2/h10-25,50H,26H2,1-9H3,(H,48,51);1-2H3. The summed E-state index contributed by atoms with van der Waals surface area (Å²) in [6.45, 7) is 20.9. The van der Waals surface area contributed by atoms with E-state index in [4.69, 9.17) is 14.5 Å². The van der Waals surface area contributed by atoms with Gasteiger partial charge in [-0.15, -0.1) is 0 Å². The fourth-order valence-corrected chi connectivity index (χ4v) is 8.04. The Morgan fingerprint density at radius 2 is 1.38 bits per heavy atom. The first-order valence-electron chi connectivity index (χ1n) is 19.4. The van der Waals surface area contributed by atoms with Crippen LogP contribution in [-0.4, -0.2) is 23.8 Å². The number of fused-ring (bicyclic) bond motifs is 2. The van der Waals surface area contributed by atoms with Crippen molar-refractivity contribution >= 4 is 39.7 Å². The predicted octanol–water partition coefficient (Wildman–Crippen LogP) is 13.0. The van der Waals surface area contributed by atoms with E-state index < -0.39 is 0 Å². The largest absolute Gasteiger partial charge is 0.497 e. The molecule has 0 saturated heterocycles. The number of amides is 1. The predicted molar refractivity (Wildman–Crippen MR) is 231 cm³/mol. The Morgan fingerprint density at radius 1 is 0.732 bits per heavy atom. The molecule has 1 aliphatic rings. The highest BCUT2D eigenvalue weighted by Gasteiger charge is 2.32. The van der Waals surface area contributed by atoms with Gasteiger partial charge in [-0.3, -0.25) is 9.59 Å². The fraction of sp³-hybridized carbons (Fsp3) is 0.286. The molecular formula is C49H53N3O4. The number of hydrogen-bond donors (Lipinski definition) is 2. The van der Waals surface area contributed by atoms with Gasteiger partial charge in [-0.25, -0.2) is 4.98 Å². The summed E-state index contributed by atoms with van der Waals surface area (Å²) in [5.74, 6) is 1.44. The molecule has 7 rings (SSSR count). The molecular weight excluding hydrogens is 695 g/mol. The van der Waals surface area contributed by atoms with Crippen LogP contribution in [0.25, 0.3) is 33.3 Å². The Kier molecular flexibility index (Phi) is 11.1. The van der Waals surface area contributed by atoms with Crippen molar-refractivity contribution in [1.29, 1.82) is 0 Å². The first kappa shape index (κ1) is 39.7. The van der Waals surface area contributed by atoms with Gasteiger partial charge in [-0.1, -0.05) is 103 Å². The number of nitrogens with zero attached hydrogens (tertiary/aromatic N) is 1. The second kappa shape index (κ2) is 15.7. The van der Waals surface area contributed by atoms with Crippen LogP contribution in [0.3, 0.4) is 0 Å². The Morgan fingerprint density at radius 3 is 2.00 bits per heavy atom. The van der Waals surface area contributed by atoms with E-state index in [9.17, 15) is 9.59 Å². The SMILES string of the molecule is CC.COc1ccc(-c2cc3c4c(c(Nc5c(C)cccc5C)cc(Oc5ccc(C(C)(C)CC(C)(C)C)cc5)c4n2)C(=O)c2ccccc2-3)c(NC(C)=O)c1. The summed E-state index contributed by atoms with van der Waals surface area (Å²) in [6, 6.07) is 31.5. The summed E-state index contributed by atoms with van der Waals surface area (Å²) in [7, 11) is 1.59. The Hall–Kier alpha value is -5.95. The lowest BCUT2D eigenvalue weighted by Crippen LogP contribution is -2.24. The van der Waals surface area contributed by atoms with E-state index in [1.807, 2.05) is 80.6 Å². The van der Waals surface area contributed by atoms with Gasteiger partial charge in [0.1, 0.15) is 17.0 Å². The van der Waals surface area contributed by atoms with Crippen LogP contribution >= 0.6 is 0 Å². The van der Waals surface area contributed by atoms with Crippen molar-refractivity contribution in [2.45, 2.75) is 81.1 Å². The molecule has 0 spiro atoms. The van der Waals surface area contributed by atoms with Crippen LogP contribution < -0.4 is 20.1 Å². The van der Waals surface area contributed by atoms with Crippen LogP contribution in [0, 0.1) is 19.3 Å². The number of aromatic nitrogens is 1. The summed E-state index contributed by atoms with van der Waals surface area (Å²) in [5.41, 5.74) is 10.2. The van der Waals surface area contributed by atoms with Crippen molar-refractivity contribution in [2.24, 2.45) is 5.41 Å². The number of carbonyl (C=O) groups excluding carboxylic acids is 2. The van der Waals surface area contributed by atoms with E-state index in [1.165, 1.54) is 12.5 Å².